The van der Waals surface area contributed by atoms with Crippen molar-refractivity contribution >= 4 is 11.8 Å². The molecular formula is C22H25N3O3. The van der Waals surface area contributed by atoms with Crippen molar-refractivity contribution in [3.63, 3.8) is 0 Å². The van der Waals surface area contributed by atoms with Gasteiger partial charge < -0.3 is 14.9 Å². The first kappa shape index (κ1) is 18.5. The van der Waals surface area contributed by atoms with Crippen molar-refractivity contribution in [2.75, 3.05) is 19.6 Å². The van der Waals surface area contributed by atoms with Crippen molar-refractivity contribution in [1.29, 1.82) is 0 Å². The minimum atomic E-state index is -0.0497. The molecule has 2 aliphatic rings. The summed E-state index contributed by atoms with van der Waals surface area (Å²) in [6, 6.07) is 12.5. The number of carbonyl (C=O) groups excluding carboxylic acids is 2. The number of nitrogens with zero attached hydrogens (tertiary/aromatic N) is 3. The van der Waals surface area contributed by atoms with Crippen LogP contribution in [0.25, 0.3) is 0 Å². The van der Waals surface area contributed by atoms with Crippen molar-refractivity contribution in [2.24, 2.45) is 5.92 Å². The Morgan fingerprint density at radius 3 is 2.86 bits per heavy atom. The molecule has 2 amide bonds. The molecule has 0 bridgehead atoms. The molecule has 1 aromatic heterocycles. The largest absolute Gasteiger partial charge is 0.508 e. The highest BCUT2D eigenvalue weighted by molar-refractivity contribution is 5.94. The van der Waals surface area contributed by atoms with Crippen LogP contribution in [0.1, 0.15) is 35.3 Å². The molecule has 0 radical (unpaired) electrons. The maximum atomic E-state index is 12.8. The molecule has 2 fully saturated rings. The van der Waals surface area contributed by atoms with E-state index in [4.69, 9.17) is 0 Å². The van der Waals surface area contributed by atoms with Crippen molar-refractivity contribution in [3.05, 3.63) is 59.9 Å². The monoisotopic (exact) mass is 379 g/mol. The first-order valence-corrected chi connectivity index (χ1v) is 9.89. The van der Waals surface area contributed by atoms with Gasteiger partial charge in [-0.25, -0.2) is 0 Å². The summed E-state index contributed by atoms with van der Waals surface area (Å²) >= 11 is 0. The number of amides is 2. The number of pyridine rings is 1. The predicted octanol–water partition coefficient (Wildman–Crippen LogP) is 2.48. The van der Waals surface area contributed by atoms with E-state index in [0.717, 1.165) is 25.0 Å². The Kier molecular flexibility index (Phi) is 5.28. The summed E-state index contributed by atoms with van der Waals surface area (Å²) in [4.78, 5) is 33.6. The van der Waals surface area contributed by atoms with Crippen LogP contribution in [-0.2, 0) is 11.2 Å². The standard InChI is InChI=1S/C22H25N3O3/c26-19-6-3-4-16(14-19)22(28)24-12-10-20-17(15-24)7-8-21(27)25(20)13-9-18-5-1-2-11-23-18/h1-6,11,14,17,20,26H,7-10,12-13,15H2/t17-,20+/m0/s1. The van der Waals surface area contributed by atoms with Gasteiger partial charge in [-0.2, -0.15) is 0 Å². The van der Waals surface area contributed by atoms with Gasteiger partial charge in [-0.15, -0.1) is 0 Å². The molecule has 1 aromatic carbocycles. The number of benzene rings is 1. The highest BCUT2D eigenvalue weighted by Gasteiger charge is 2.40. The third-order valence-electron chi connectivity index (χ3n) is 5.86. The van der Waals surface area contributed by atoms with Crippen LogP contribution in [0.2, 0.25) is 0 Å². The van der Waals surface area contributed by atoms with Crippen molar-refractivity contribution in [1.82, 2.24) is 14.8 Å². The Balaban J connectivity index is 1.42. The molecule has 0 aliphatic carbocycles. The number of likely N-dealkylation sites (tertiary alicyclic amines) is 2. The topological polar surface area (TPSA) is 73.7 Å². The molecule has 2 aromatic rings. The van der Waals surface area contributed by atoms with E-state index in [-0.39, 0.29) is 23.6 Å². The fourth-order valence-corrected chi connectivity index (χ4v) is 4.43. The van der Waals surface area contributed by atoms with Gasteiger partial charge in [0.1, 0.15) is 5.75 Å². The van der Waals surface area contributed by atoms with Gasteiger partial charge in [-0.1, -0.05) is 12.1 Å². The number of piperidine rings is 2. The number of hydrogen-bond donors (Lipinski definition) is 1. The summed E-state index contributed by atoms with van der Waals surface area (Å²) in [5.74, 6) is 0.567. The lowest BCUT2D eigenvalue weighted by Crippen LogP contribution is -2.57. The molecular weight excluding hydrogens is 354 g/mol. The van der Waals surface area contributed by atoms with Crippen LogP contribution in [0.4, 0.5) is 0 Å². The number of fused-ring (bicyclic) bond motifs is 1. The summed E-state index contributed by atoms with van der Waals surface area (Å²) in [5, 5.41) is 9.64. The van der Waals surface area contributed by atoms with E-state index in [1.165, 1.54) is 6.07 Å². The van der Waals surface area contributed by atoms with Gasteiger partial charge >= 0.3 is 0 Å². The fourth-order valence-electron chi connectivity index (χ4n) is 4.43. The Morgan fingerprint density at radius 2 is 2.07 bits per heavy atom. The van der Waals surface area contributed by atoms with E-state index in [9.17, 15) is 14.7 Å². The van der Waals surface area contributed by atoms with E-state index in [2.05, 4.69) is 4.98 Å². The van der Waals surface area contributed by atoms with Crippen LogP contribution in [0.3, 0.4) is 0 Å². The minimum Gasteiger partial charge on any atom is -0.508 e. The smallest absolute Gasteiger partial charge is 0.253 e. The maximum Gasteiger partial charge on any atom is 0.253 e. The molecule has 0 unspecified atom stereocenters. The van der Waals surface area contributed by atoms with Crippen LogP contribution < -0.4 is 0 Å². The van der Waals surface area contributed by atoms with Gasteiger partial charge in [0.05, 0.1) is 0 Å². The summed E-state index contributed by atoms with van der Waals surface area (Å²) in [5.41, 5.74) is 1.51. The SMILES string of the molecule is O=C(c1cccc(O)c1)N1CC[C@@H]2[C@@H](CCC(=O)N2CCc2ccccn2)C1. The van der Waals surface area contributed by atoms with Crippen LogP contribution in [-0.4, -0.2) is 57.4 Å². The van der Waals surface area contributed by atoms with Gasteiger partial charge in [0.2, 0.25) is 5.91 Å². The van der Waals surface area contributed by atoms with E-state index in [1.54, 1.807) is 24.4 Å². The molecule has 6 heteroatoms. The number of phenolic OH excluding ortho intramolecular Hbond substituents is 1. The van der Waals surface area contributed by atoms with Crippen LogP contribution >= 0.6 is 0 Å². The predicted molar refractivity (Wildman–Crippen MR) is 105 cm³/mol. The molecule has 0 spiro atoms. The van der Waals surface area contributed by atoms with Crippen molar-refractivity contribution in [3.8, 4) is 5.75 Å². The molecule has 2 atom stereocenters. The van der Waals surface area contributed by atoms with E-state index >= 15 is 0 Å². The summed E-state index contributed by atoms with van der Waals surface area (Å²) in [6.45, 7) is 1.97. The molecule has 3 heterocycles. The summed E-state index contributed by atoms with van der Waals surface area (Å²) < 4.78 is 0. The quantitative estimate of drug-likeness (QED) is 0.886. The number of aromatic hydroxyl groups is 1. The van der Waals surface area contributed by atoms with Gasteiger partial charge in [-0.3, -0.25) is 14.6 Å². The van der Waals surface area contributed by atoms with E-state index < -0.39 is 0 Å². The zero-order valence-electron chi connectivity index (χ0n) is 15.8. The number of hydrogen-bond acceptors (Lipinski definition) is 4. The molecule has 1 N–H and O–H groups in total. The number of carbonyl (C=O) groups is 2. The number of rotatable bonds is 4. The molecule has 2 aliphatic heterocycles. The van der Waals surface area contributed by atoms with Crippen molar-refractivity contribution < 1.29 is 14.7 Å². The highest BCUT2D eigenvalue weighted by atomic mass is 16.3. The molecule has 0 saturated carbocycles. The lowest BCUT2D eigenvalue weighted by atomic mass is 9.83. The first-order chi connectivity index (χ1) is 13.6. The Hall–Kier alpha value is -2.89. The number of phenols is 1. The molecule has 6 nitrogen and oxygen atoms in total. The fraction of sp³-hybridized carbons (Fsp3) is 0.409. The second kappa shape index (κ2) is 8.00. The third-order valence-corrected chi connectivity index (χ3v) is 5.86. The molecule has 146 valence electrons. The average molecular weight is 379 g/mol. The van der Waals surface area contributed by atoms with Gasteiger partial charge in [0.15, 0.2) is 0 Å². The zero-order chi connectivity index (χ0) is 19.5. The Labute approximate surface area is 164 Å². The highest BCUT2D eigenvalue weighted by Crippen LogP contribution is 2.32. The molecule has 2 saturated heterocycles. The normalized spacial score (nSPS) is 22.1. The third kappa shape index (κ3) is 3.86. The van der Waals surface area contributed by atoms with Crippen molar-refractivity contribution in [2.45, 2.75) is 31.7 Å². The number of aromatic nitrogens is 1. The van der Waals surface area contributed by atoms with E-state index in [0.29, 0.717) is 37.5 Å². The zero-order valence-corrected chi connectivity index (χ0v) is 15.8. The van der Waals surface area contributed by atoms with Crippen LogP contribution in [0.5, 0.6) is 5.75 Å². The van der Waals surface area contributed by atoms with Gasteiger partial charge in [0.25, 0.3) is 5.91 Å². The second-order valence-electron chi connectivity index (χ2n) is 7.61. The summed E-state index contributed by atoms with van der Waals surface area (Å²) in [7, 11) is 0. The van der Waals surface area contributed by atoms with E-state index in [1.807, 2.05) is 28.0 Å². The summed E-state index contributed by atoms with van der Waals surface area (Å²) in [6.07, 6.45) is 4.69. The van der Waals surface area contributed by atoms with Gasteiger partial charge in [0, 0.05) is 56.0 Å². The average Bonchev–Trinajstić information content (AvgIpc) is 2.73. The lowest BCUT2D eigenvalue weighted by molar-refractivity contribution is -0.140. The maximum absolute atomic E-state index is 12.8. The lowest BCUT2D eigenvalue weighted by Gasteiger charge is -2.47. The molecule has 4 rings (SSSR count). The minimum absolute atomic E-state index is 0.0497. The van der Waals surface area contributed by atoms with Crippen LogP contribution in [0.15, 0.2) is 48.7 Å². The second-order valence-corrected chi connectivity index (χ2v) is 7.61. The first-order valence-electron chi connectivity index (χ1n) is 9.89. The van der Waals surface area contributed by atoms with Crippen LogP contribution in [0, 0.1) is 5.92 Å². The van der Waals surface area contributed by atoms with Gasteiger partial charge in [-0.05, 0) is 49.1 Å². The Morgan fingerprint density at radius 1 is 1.18 bits per heavy atom. The molecule has 28 heavy (non-hydrogen) atoms. The Bertz CT molecular complexity index is 855.